The minimum atomic E-state index is -0.320. The van der Waals surface area contributed by atoms with Crippen LogP contribution in [0.3, 0.4) is 0 Å². The van der Waals surface area contributed by atoms with Crippen molar-refractivity contribution >= 4 is 11.3 Å². The highest BCUT2D eigenvalue weighted by Gasteiger charge is 2.33. The summed E-state index contributed by atoms with van der Waals surface area (Å²) in [7, 11) is 0. The first-order valence-electron chi connectivity index (χ1n) is 4.82. The highest BCUT2D eigenvalue weighted by Crippen LogP contribution is 2.25. The number of nitrogens with zero attached hydrogens (tertiary/aromatic N) is 2. The topological polar surface area (TPSA) is 48.7 Å². The Balaban J connectivity index is 2.13. The Morgan fingerprint density at radius 3 is 3.14 bits per heavy atom. The van der Waals surface area contributed by atoms with Gasteiger partial charge in [-0.15, -0.1) is 11.3 Å². The molecule has 0 aliphatic carbocycles. The van der Waals surface area contributed by atoms with Gasteiger partial charge in [-0.1, -0.05) is 0 Å². The number of hydrogen-bond acceptors (Lipinski definition) is 4. The summed E-state index contributed by atoms with van der Waals surface area (Å²) in [5.41, 5.74) is -0.320. The molecule has 0 radical (unpaired) electrons. The number of nitriles is 1. The van der Waals surface area contributed by atoms with E-state index in [9.17, 15) is 0 Å². The summed E-state index contributed by atoms with van der Waals surface area (Å²) >= 11 is 1.69. The van der Waals surface area contributed by atoms with Crippen molar-refractivity contribution in [3.8, 4) is 6.07 Å². The smallest absolute Gasteiger partial charge is 0.111 e. The van der Waals surface area contributed by atoms with Crippen LogP contribution in [0.4, 0.5) is 0 Å². The normalized spacial score (nSPS) is 26.3. The van der Waals surface area contributed by atoms with Crippen LogP contribution in [0, 0.1) is 18.3 Å². The highest BCUT2D eigenvalue weighted by molar-refractivity contribution is 7.11. The Hall–Kier alpha value is -0.920. The first-order chi connectivity index (χ1) is 6.74. The molecule has 2 heterocycles. The molecule has 1 N–H and O–H groups in total. The Morgan fingerprint density at radius 1 is 1.79 bits per heavy atom. The van der Waals surface area contributed by atoms with Crippen LogP contribution >= 0.6 is 11.3 Å². The lowest BCUT2D eigenvalue weighted by Gasteiger charge is -2.19. The van der Waals surface area contributed by atoms with Gasteiger partial charge >= 0.3 is 0 Å². The van der Waals surface area contributed by atoms with Gasteiger partial charge in [0.25, 0.3) is 0 Å². The summed E-state index contributed by atoms with van der Waals surface area (Å²) in [4.78, 5) is 5.41. The van der Waals surface area contributed by atoms with Gasteiger partial charge in [-0.25, -0.2) is 4.98 Å². The molecule has 1 aliphatic rings. The molecule has 3 nitrogen and oxygen atoms in total. The van der Waals surface area contributed by atoms with E-state index < -0.39 is 0 Å². The molecule has 4 heteroatoms. The van der Waals surface area contributed by atoms with Crippen molar-refractivity contribution in [2.45, 2.75) is 31.7 Å². The molecule has 14 heavy (non-hydrogen) atoms. The average molecular weight is 207 g/mol. The molecule has 2 rings (SSSR count). The maximum Gasteiger partial charge on any atom is 0.111 e. The lowest BCUT2D eigenvalue weighted by Crippen LogP contribution is -2.39. The molecule has 1 aromatic heterocycles. The third kappa shape index (κ3) is 1.79. The molecule has 1 unspecified atom stereocenters. The van der Waals surface area contributed by atoms with E-state index in [1.165, 1.54) is 4.88 Å². The Kier molecular flexibility index (Phi) is 2.53. The zero-order valence-electron chi connectivity index (χ0n) is 8.21. The second-order valence-electron chi connectivity index (χ2n) is 3.75. The molecule has 0 saturated carbocycles. The monoisotopic (exact) mass is 207 g/mol. The summed E-state index contributed by atoms with van der Waals surface area (Å²) < 4.78 is 0. The van der Waals surface area contributed by atoms with Crippen LogP contribution in [0.1, 0.15) is 22.7 Å². The van der Waals surface area contributed by atoms with E-state index in [0.29, 0.717) is 0 Å². The summed E-state index contributed by atoms with van der Waals surface area (Å²) in [5.74, 6) is 0. The molecule has 1 aromatic rings. The summed E-state index contributed by atoms with van der Waals surface area (Å²) in [5, 5.41) is 13.5. The summed E-state index contributed by atoms with van der Waals surface area (Å²) in [6.07, 6.45) is 4.75. The van der Waals surface area contributed by atoms with Crippen LogP contribution in [-0.4, -0.2) is 17.1 Å². The van der Waals surface area contributed by atoms with Gasteiger partial charge in [0.2, 0.25) is 0 Å². The van der Waals surface area contributed by atoms with Crippen molar-refractivity contribution in [3.63, 3.8) is 0 Å². The largest absolute Gasteiger partial charge is 0.299 e. The summed E-state index contributed by atoms with van der Waals surface area (Å²) in [6.45, 7) is 2.96. The number of rotatable bonds is 2. The van der Waals surface area contributed by atoms with Crippen LogP contribution < -0.4 is 5.32 Å². The van der Waals surface area contributed by atoms with Crippen LogP contribution in [0.2, 0.25) is 0 Å². The molecule has 1 fully saturated rings. The maximum absolute atomic E-state index is 9.16. The lowest BCUT2D eigenvalue weighted by molar-refractivity contribution is 0.483. The van der Waals surface area contributed by atoms with E-state index in [2.05, 4.69) is 16.4 Å². The minimum Gasteiger partial charge on any atom is -0.299 e. The van der Waals surface area contributed by atoms with Crippen molar-refractivity contribution < 1.29 is 0 Å². The minimum absolute atomic E-state index is 0.320. The lowest BCUT2D eigenvalue weighted by atomic mass is 9.95. The molecule has 0 aromatic carbocycles. The van der Waals surface area contributed by atoms with E-state index in [4.69, 9.17) is 5.26 Å². The number of thiazole rings is 1. The fraction of sp³-hybridized carbons (Fsp3) is 0.600. The molecule has 0 amide bonds. The zero-order valence-corrected chi connectivity index (χ0v) is 9.02. The predicted octanol–water partition coefficient (Wildman–Crippen LogP) is 1.64. The number of aryl methyl sites for hydroxylation is 1. The van der Waals surface area contributed by atoms with Gasteiger partial charge in [-0.3, -0.25) is 5.32 Å². The number of hydrogen-bond donors (Lipinski definition) is 1. The van der Waals surface area contributed by atoms with E-state index in [1.54, 1.807) is 11.3 Å². The molecule has 1 atom stereocenters. The van der Waals surface area contributed by atoms with E-state index >= 15 is 0 Å². The standard InChI is InChI=1S/C10H13N3S/c1-8-12-6-9(14-8)5-10(7-11)3-2-4-13-10/h6,13H,2-5H2,1H3. The Morgan fingerprint density at radius 2 is 2.64 bits per heavy atom. The molecule has 1 aliphatic heterocycles. The fourth-order valence-electron chi connectivity index (χ4n) is 1.88. The SMILES string of the molecule is Cc1ncc(CC2(C#N)CCCN2)s1. The average Bonchev–Trinajstić information content (AvgIpc) is 2.77. The summed E-state index contributed by atoms with van der Waals surface area (Å²) in [6, 6.07) is 2.40. The van der Waals surface area contributed by atoms with Gasteiger partial charge in [0.05, 0.1) is 11.1 Å². The zero-order chi connectivity index (χ0) is 10.0. The maximum atomic E-state index is 9.16. The third-order valence-electron chi connectivity index (χ3n) is 2.60. The fourth-order valence-corrected chi connectivity index (χ4v) is 2.79. The van der Waals surface area contributed by atoms with Crippen LogP contribution in [0.15, 0.2) is 6.20 Å². The highest BCUT2D eigenvalue weighted by atomic mass is 32.1. The van der Waals surface area contributed by atoms with Gasteiger partial charge in [-0.05, 0) is 26.3 Å². The first kappa shape index (κ1) is 9.63. The number of aromatic nitrogens is 1. The van der Waals surface area contributed by atoms with E-state index in [0.717, 1.165) is 30.8 Å². The van der Waals surface area contributed by atoms with Crippen LogP contribution in [-0.2, 0) is 6.42 Å². The van der Waals surface area contributed by atoms with Gasteiger partial charge < -0.3 is 0 Å². The Labute approximate surface area is 87.8 Å². The Bertz CT molecular complexity index is 358. The van der Waals surface area contributed by atoms with Gasteiger partial charge in [-0.2, -0.15) is 5.26 Å². The molecule has 1 saturated heterocycles. The van der Waals surface area contributed by atoms with Gasteiger partial charge in [0.15, 0.2) is 0 Å². The van der Waals surface area contributed by atoms with Crippen molar-refractivity contribution in [3.05, 3.63) is 16.1 Å². The predicted molar refractivity (Wildman–Crippen MR) is 56.1 cm³/mol. The van der Waals surface area contributed by atoms with Crippen LogP contribution in [0.5, 0.6) is 0 Å². The van der Waals surface area contributed by atoms with Gasteiger partial charge in [0.1, 0.15) is 5.54 Å². The quantitative estimate of drug-likeness (QED) is 0.802. The second kappa shape index (κ2) is 3.68. The van der Waals surface area contributed by atoms with Crippen molar-refractivity contribution in [2.24, 2.45) is 0 Å². The van der Waals surface area contributed by atoms with E-state index in [1.807, 2.05) is 13.1 Å². The molecule has 0 spiro atoms. The molecule has 74 valence electrons. The van der Waals surface area contributed by atoms with E-state index in [-0.39, 0.29) is 5.54 Å². The van der Waals surface area contributed by atoms with Crippen molar-refractivity contribution in [2.75, 3.05) is 6.54 Å². The molecule has 0 bridgehead atoms. The third-order valence-corrected chi connectivity index (χ3v) is 3.52. The molecular weight excluding hydrogens is 194 g/mol. The molecular formula is C10H13N3S. The van der Waals surface area contributed by atoms with Gasteiger partial charge in [0, 0.05) is 17.5 Å². The second-order valence-corrected chi connectivity index (χ2v) is 5.07. The van der Waals surface area contributed by atoms with Crippen molar-refractivity contribution in [1.29, 1.82) is 5.26 Å². The number of nitrogens with one attached hydrogen (secondary N) is 1. The van der Waals surface area contributed by atoms with Crippen molar-refractivity contribution in [1.82, 2.24) is 10.3 Å². The first-order valence-corrected chi connectivity index (χ1v) is 5.63. The van der Waals surface area contributed by atoms with Crippen LogP contribution in [0.25, 0.3) is 0 Å².